The van der Waals surface area contributed by atoms with Gasteiger partial charge in [-0.3, -0.25) is 4.72 Å². The molecule has 0 atom stereocenters. The van der Waals surface area contributed by atoms with Gasteiger partial charge < -0.3 is 5.73 Å². The first-order chi connectivity index (χ1) is 9.03. The number of hydrogen-bond acceptors (Lipinski definition) is 5. The van der Waals surface area contributed by atoms with Gasteiger partial charge in [0.25, 0.3) is 10.0 Å². The van der Waals surface area contributed by atoms with Crippen LogP contribution in [0.1, 0.15) is 5.56 Å². The van der Waals surface area contributed by atoms with Crippen molar-refractivity contribution < 1.29 is 8.42 Å². The maximum Gasteiger partial charge on any atom is 0.263 e. The summed E-state index contributed by atoms with van der Waals surface area (Å²) < 4.78 is 26.4. The standard InChI is InChI=1S/C12H10N4O2S/c13-8-9-3-5-10(6-4-9)19(17,18)16-12-11(14)2-1-7-15-12/h1-7H,14H2,(H,15,16). The summed E-state index contributed by atoms with van der Waals surface area (Å²) in [6, 6.07) is 10.6. The minimum absolute atomic E-state index is 0.0385. The van der Waals surface area contributed by atoms with Gasteiger partial charge in [0.05, 0.1) is 22.2 Å². The molecule has 96 valence electrons. The number of benzene rings is 1. The van der Waals surface area contributed by atoms with Gasteiger partial charge in [-0.15, -0.1) is 0 Å². The molecule has 2 aromatic rings. The fraction of sp³-hybridized carbons (Fsp3) is 0. The van der Waals surface area contributed by atoms with E-state index in [1.54, 1.807) is 12.1 Å². The van der Waals surface area contributed by atoms with E-state index >= 15 is 0 Å². The molecule has 0 aliphatic heterocycles. The van der Waals surface area contributed by atoms with Crippen LogP contribution >= 0.6 is 0 Å². The fourth-order valence-electron chi connectivity index (χ4n) is 1.40. The summed E-state index contributed by atoms with van der Waals surface area (Å²) in [6.07, 6.45) is 1.44. The van der Waals surface area contributed by atoms with Crippen molar-refractivity contribution in [1.82, 2.24) is 4.98 Å². The van der Waals surface area contributed by atoms with Gasteiger partial charge in [-0.1, -0.05) is 0 Å². The van der Waals surface area contributed by atoms with E-state index in [1.807, 2.05) is 6.07 Å². The van der Waals surface area contributed by atoms with Crippen LogP contribution in [0.15, 0.2) is 47.5 Å². The average Bonchev–Trinajstić information content (AvgIpc) is 2.41. The molecule has 0 unspecified atom stereocenters. The lowest BCUT2D eigenvalue weighted by atomic mass is 10.2. The summed E-state index contributed by atoms with van der Waals surface area (Å²) in [7, 11) is -3.76. The van der Waals surface area contributed by atoms with Crippen LogP contribution in [-0.4, -0.2) is 13.4 Å². The van der Waals surface area contributed by atoms with Crippen molar-refractivity contribution in [2.75, 3.05) is 10.5 Å². The second-order valence-corrected chi connectivity index (χ2v) is 5.37. The predicted octanol–water partition coefficient (Wildman–Crippen LogP) is 1.34. The van der Waals surface area contributed by atoms with E-state index in [-0.39, 0.29) is 16.4 Å². The summed E-state index contributed by atoms with van der Waals surface area (Å²) in [6.45, 7) is 0. The molecule has 0 bridgehead atoms. The highest BCUT2D eigenvalue weighted by molar-refractivity contribution is 7.92. The number of pyridine rings is 1. The van der Waals surface area contributed by atoms with E-state index in [0.717, 1.165) is 0 Å². The Morgan fingerprint density at radius 2 is 1.89 bits per heavy atom. The van der Waals surface area contributed by atoms with Crippen LogP contribution < -0.4 is 10.5 Å². The van der Waals surface area contributed by atoms with Crippen LogP contribution in [0.3, 0.4) is 0 Å². The number of aromatic nitrogens is 1. The van der Waals surface area contributed by atoms with Gasteiger partial charge in [-0.05, 0) is 36.4 Å². The van der Waals surface area contributed by atoms with Crippen LogP contribution in [-0.2, 0) is 10.0 Å². The van der Waals surface area contributed by atoms with Crippen LogP contribution in [0.5, 0.6) is 0 Å². The highest BCUT2D eigenvalue weighted by Crippen LogP contribution is 2.19. The Hall–Kier alpha value is -2.59. The van der Waals surface area contributed by atoms with Crippen molar-refractivity contribution in [3.8, 4) is 6.07 Å². The minimum Gasteiger partial charge on any atom is -0.396 e. The van der Waals surface area contributed by atoms with Crippen molar-refractivity contribution in [3.05, 3.63) is 48.2 Å². The number of nitrogen functional groups attached to an aromatic ring is 1. The molecule has 7 heteroatoms. The quantitative estimate of drug-likeness (QED) is 0.877. The number of rotatable bonds is 3. The van der Waals surface area contributed by atoms with Crippen molar-refractivity contribution in [2.45, 2.75) is 4.90 Å². The predicted molar refractivity (Wildman–Crippen MR) is 70.6 cm³/mol. The number of nitriles is 1. The number of nitrogens with zero attached hydrogens (tertiary/aromatic N) is 2. The van der Waals surface area contributed by atoms with E-state index in [9.17, 15) is 8.42 Å². The molecule has 0 radical (unpaired) electrons. The third-order valence-corrected chi connectivity index (χ3v) is 3.72. The monoisotopic (exact) mass is 274 g/mol. The summed E-state index contributed by atoms with van der Waals surface area (Å²) >= 11 is 0. The molecular weight excluding hydrogens is 264 g/mol. The van der Waals surface area contributed by atoms with Gasteiger partial charge in [0, 0.05) is 6.20 Å². The highest BCUT2D eigenvalue weighted by atomic mass is 32.2. The smallest absolute Gasteiger partial charge is 0.263 e. The Kier molecular flexibility index (Phi) is 3.35. The topological polar surface area (TPSA) is 109 Å². The van der Waals surface area contributed by atoms with Crippen molar-refractivity contribution in [1.29, 1.82) is 5.26 Å². The number of sulfonamides is 1. The van der Waals surface area contributed by atoms with Gasteiger partial charge in [-0.25, -0.2) is 13.4 Å². The van der Waals surface area contributed by atoms with Crippen LogP contribution in [0.4, 0.5) is 11.5 Å². The van der Waals surface area contributed by atoms with Crippen LogP contribution in [0.2, 0.25) is 0 Å². The van der Waals surface area contributed by atoms with Gasteiger partial charge in [0.2, 0.25) is 0 Å². The highest BCUT2D eigenvalue weighted by Gasteiger charge is 2.15. The largest absolute Gasteiger partial charge is 0.396 e. The molecule has 0 amide bonds. The van der Waals surface area contributed by atoms with E-state index < -0.39 is 10.0 Å². The van der Waals surface area contributed by atoms with Gasteiger partial charge >= 0.3 is 0 Å². The molecule has 3 N–H and O–H groups in total. The van der Waals surface area contributed by atoms with E-state index in [4.69, 9.17) is 11.0 Å². The third-order valence-electron chi connectivity index (χ3n) is 2.36. The van der Waals surface area contributed by atoms with Crippen molar-refractivity contribution in [3.63, 3.8) is 0 Å². The summed E-state index contributed by atoms with van der Waals surface area (Å²) in [5.41, 5.74) is 6.24. The zero-order valence-corrected chi connectivity index (χ0v) is 10.6. The number of hydrogen-bond donors (Lipinski definition) is 2. The molecular formula is C12H10N4O2S. The minimum atomic E-state index is -3.76. The number of nitrogens with one attached hydrogen (secondary N) is 1. The lowest BCUT2D eigenvalue weighted by Gasteiger charge is -2.08. The first kappa shape index (κ1) is 12.9. The summed E-state index contributed by atoms with van der Waals surface area (Å²) in [5, 5.41) is 8.66. The molecule has 1 aromatic carbocycles. The van der Waals surface area contributed by atoms with Crippen LogP contribution in [0.25, 0.3) is 0 Å². The second-order valence-electron chi connectivity index (χ2n) is 3.68. The number of anilines is 2. The zero-order chi connectivity index (χ0) is 13.9. The Morgan fingerprint density at radius 1 is 1.21 bits per heavy atom. The Morgan fingerprint density at radius 3 is 2.47 bits per heavy atom. The fourth-order valence-corrected chi connectivity index (χ4v) is 2.44. The second kappa shape index (κ2) is 4.96. The molecule has 1 aromatic heterocycles. The lowest BCUT2D eigenvalue weighted by Crippen LogP contribution is -2.15. The van der Waals surface area contributed by atoms with Crippen molar-refractivity contribution >= 4 is 21.5 Å². The zero-order valence-electron chi connectivity index (χ0n) is 9.74. The molecule has 1 heterocycles. The number of nitrogens with two attached hydrogens (primary N) is 1. The third kappa shape index (κ3) is 2.81. The molecule has 19 heavy (non-hydrogen) atoms. The first-order valence-electron chi connectivity index (χ1n) is 5.26. The molecule has 0 aliphatic rings. The SMILES string of the molecule is N#Cc1ccc(S(=O)(=O)Nc2ncccc2N)cc1. The maximum absolute atomic E-state index is 12.1. The normalized spacial score (nSPS) is 10.7. The summed E-state index contributed by atoms with van der Waals surface area (Å²) in [5.74, 6) is 0.0758. The Balaban J connectivity index is 2.33. The molecule has 0 aliphatic carbocycles. The Bertz CT molecular complexity index is 733. The van der Waals surface area contributed by atoms with Gasteiger partial charge in [0.15, 0.2) is 5.82 Å². The first-order valence-corrected chi connectivity index (χ1v) is 6.75. The van der Waals surface area contributed by atoms with Crippen molar-refractivity contribution in [2.24, 2.45) is 0 Å². The van der Waals surface area contributed by atoms with E-state index in [0.29, 0.717) is 5.56 Å². The van der Waals surface area contributed by atoms with Gasteiger partial charge in [0.1, 0.15) is 0 Å². The maximum atomic E-state index is 12.1. The molecule has 2 rings (SSSR count). The molecule has 0 spiro atoms. The van der Waals surface area contributed by atoms with E-state index in [2.05, 4.69) is 9.71 Å². The molecule has 6 nitrogen and oxygen atoms in total. The van der Waals surface area contributed by atoms with E-state index in [1.165, 1.54) is 30.5 Å². The molecule has 0 saturated heterocycles. The Labute approximate surface area is 110 Å². The lowest BCUT2D eigenvalue weighted by molar-refractivity contribution is 0.601. The van der Waals surface area contributed by atoms with Gasteiger partial charge in [-0.2, -0.15) is 5.26 Å². The average molecular weight is 274 g/mol. The molecule has 0 saturated carbocycles. The summed E-state index contributed by atoms with van der Waals surface area (Å²) in [4.78, 5) is 3.89. The van der Waals surface area contributed by atoms with Crippen LogP contribution in [0, 0.1) is 11.3 Å². The molecule has 0 fully saturated rings.